The number of carbonyl (C=O) groups is 2. The van der Waals surface area contributed by atoms with E-state index >= 15 is 0 Å². The number of nitriles is 1. The van der Waals surface area contributed by atoms with E-state index in [2.05, 4.69) is 0 Å². The highest BCUT2D eigenvalue weighted by Crippen LogP contribution is 2.18. The van der Waals surface area contributed by atoms with Gasteiger partial charge in [0.1, 0.15) is 6.54 Å². The molecule has 1 aromatic carbocycles. The Morgan fingerprint density at radius 1 is 1.24 bits per heavy atom. The number of hydrogen-bond donors (Lipinski definition) is 0. The summed E-state index contributed by atoms with van der Waals surface area (Å²) in [4.78, 5) is 26.1. The van der Waals surface area contributed by atoms with Crippen molar-refractivity contribution in [3.8, 4) is 6.07 Å². The maximum Gasteiger partial charge on any atom is 0.247 e. The molecular formula is C12H11N3O2. The third kappa shape index (κ3) is 2.11. The second-order valence-corrected chi connectivity index (χ2v) is 3.89. The van der Waals surface area contributed by atoms with Gasteiger partial charge in [0.2, 0.25) is 11.8 Å². The third-order valence-corrected chi connectivity index (χ3v) is 2.68. The molecular weight excluding hydrogens is 218 g/mol. The summed E-state index contributed by atoms with van der Waals surface area (Å²) < 4.78 is 0. The van der Waals surface area contributed by atoms with Crippen LogP contribution in [0.1, 0.15) is 5.56 Å². The van der Waals surface area contributed by atoms with E-state index in [1.807, 2.05) is 6.07 Å². The smallest absolute Gasteiger partial charge is 0.247 e. The maximum absolute atomic E-state index is 11.8. The van der Waals surface area contributed by atoms with E-state index in [-0.39, 0.29) is 24.9 Å². The highest BCUT2D eigenvalue weighted by molar-refractivity contribution is 6.04. The Hall–Kier alpha value is -2.35. The van der Waals surface area contributed by atoms with Crippen LogP contribution in [-0.4, -0.2) is 36.9 Å². The lowest BCUT2D eigenvalue weighted by atomic mass is 10.2. The summed E-state index contributed by atoms with van der Waals surface area (Å²) in [6.07, 6.45) is 0. The lowest BCUT2D eigenvalue weighted by Crippen LogP contribution is -2.52. The van der Waals surface area contributed by atoms with Crippen molar-refractivity contribution in [3.63, 3.8) is 0 Å². The first kappa shape index (κ1) is 11.1. The van der Waals surface area contributed by atoms with Crippen LogP contribution in [0.15, 0.2) is 24.3 Å². The SMILES string of the molecule is CN1CC(=O)N(c2cccc(C#N)c2)CC1=O. The van der Waals surface area contributed by atoms with Crippen LogP contribution in [0, 0.1) is 11.3 Å². The first-order chi connectivity index (χ1) is 8.11. The van der Waals surface area contributed by atoms with Crippen molar-refractivity contribution in [3.05, 3.63) is 29.8 Å². The molecule has 17 heavy (non-hydrogen) atoms. The van der Waals surface area contributed by atoms with Gasteiger partial charge in [-0.25, -0.2) is 0 Å². The summed E-state index contributed by atoms with van der Waals surface area (Å²) in [7, 11) is 1.60. The lowest BCUT2D eigenvalue weighted by molar-refractivity contribution is -0.136. The van der Waals surface area contributed by atoms with E-state index < -0.39 is 0 Å². The van der Waals surface area contributed by atoms with Gasteiger partial charge in [0.05, 0.1) is 18.2 Å². The Labute approximate surface area is 98.9 Å². The van der Waals surface area contributed by atoms with Gasteiger partial charge >= 0.3 is 0 Å². The second-order valence-electron chi connectivity index (χ2n) is 3.89. The van der Waals surface area contributed by atoms with Crippen molar-refractivity contribution in [2.24, 2.45) is 0 Å². The third-order valence-electron chi connectivity index (χ3n) is 2.68. The normalized spacial score (nSPS) is 16.0. The summed E-state index contributed by atoms with van der Waals surface area (Å²) >= 11 is 0. The van der Waals surface area contributed by atoms with Crippen LogP contribution >= 0.6 is 0 Å². The Morgan fingerprint density at radius 2 is 2.00 bits per heavy atom. The van der Waals surface area contributed by atoms with Crippen LogP contribution < -0.4 is 4.90 Å². The minimum atomic E-state index is -0.137. The van der Waals surface area contributed by atoms with Gasteiger partial charge in [0.15, 0.2) is 0 Å². The van der Waals surface area contributed by atoms with Crippen LogP contribution in [0.25, 0.3) is 0 Å². The molecule has 1 saturated heterocycles. The number of nitrogens with zero attached hydrogens (tertiary/aromatic N) is 3. The van der Waals surface area contributed by atoms with Crippen molar-refractivity contribution in [2.75, 3.05) is 25.0 Å². The summed E-state index contributed by atoms with van der Waals surface area (Å²) in [6.45, 7) is 0.111. The Balaban J connectivity index is 2.30. The molecule has 0 atom stereocenters. The fraction of sp³-hybridized carbons (Fsp3) is 0.250. The van der Waals surface area contributed by atoms with Crippen molar-refractivity contribution < 1.29 is 9.59 Å². The summed E-state index contributed by atoms with van der Waals surface area (Å²) in [5.74, 6) is -0.242. The molecule has 2 amide bonds. The van der Waals surface area contributed by atoms with Crippen LogP contribution in [-0.2, 0) is 9.59 Å². The first-order valence-electron chi connectivity index (χ1n) is 5.16. The number of benzene rings is 1. The number of piperazine rings is 1. The maximum atomic E-state index is 11.8. The molecule has 0 aromatic heterocycles. The van der Waals surface area contributed by atoms with E-state index in [1.54, 1.807) is 31.3 Å². The zero-order chi connectivity index (χ0) is 12.4. The Kier molecular flexibility index (Phi) is 2.79. The number of likely N-dealkylation sites (N-methyl/N-ethyl adjacent to an activating group) is 1. The predicted octanol–water partition coefficient (Wildman–Crippen LogP) is 0.363. The van der Waals surface area contributed by atoms with E-state index in [9.17, 15) is 9.59 Å². The molecule has 0 aliphatic carbocycles. The van der Waals surface area contributed by atoms with Gasteiger partial charge in [0, 0.05) is 12.7 Å². The van der Waals surface area contributed by atoms with Crippen molar-refractivity contribution in [1.29, 1.82) is 5.26 Å². The molecule has 1 aliphatic rings. The van der Waals surface area contributed by atoms with Gasteiger partial charge in [-0.3, -0.25) is 9.59 Å². The highest BCUT2D eigenvalue weighted by atomic mass is 16.2. The largest absolute Gasteiger partial charge is 0.335 e. The minimum absolute atomic E-state index is 0.0320. The molecule has 1 heterocycles. The lowest BCUT2D eigenvalue weighted by Gasteiger charge is -2.31. The standard InChI is InChI=1S/C12H11N3O2/c1-14-7-12(17)15(8-11(14)16)10-4-2-3-9(5-10)6-13/h2-5H,7-8H2,1H3. The quantitative estimate of drug-likeness (QED) is 0.698. The van der Waals surface area contributed by atoms with Crippen LogP contribution in [0.5, 0.6) is 0 Å². The highest BCUT2D eigenvalue weighted by Gasteiger charge is 2.28. The number of anilines is 1. The number of carbonyl (C=O) groups excluding carboxylic acids is 2. The fourth-order valence-electron chi connectivity index (χ4n) is 1.70. The number of rotatable bonds is 1. The average Bonchev–Trinajstić information content (AvgIpc) is 2.34. The molecule has 2 rings (SSSR count). The van der Waals surface area contributed by atoms with Crippen LogP contribution in [0.2, 0.25) is 0 Å². The molecule has 86 valence electrons. The summed E-state index contributed by atoms with van der Waals surface area (Å²) in [6, 6.07) is 8.69. The molecule has 0 bridgehead atoms. The zero-order valence-corrected chi connectivity index (χ0v) is 9.38. The van der Waals surface area contributed by atoms with Crippen LogP contribution in [0.4, 0.5) is 5.69 Å². The molecule has 0 N–H and O–H groups in total. The van der Waals surface area contributed by atoms with Gasteiger partial charge in [-0.05, 0) is 18.2 Å². The number of amides is 2. The van der Waals surface area contributed by atoms with Crippen molar-refractivity contribution >= 4 is 17.5 Å². The molecule has 1 fully saturated rings. The van der Waals surface area contributed by atoms with Gasteiger partial charge in [-0.2, -0.15) is 5.26 Å². The summed E-state index contributed by atoms with van der Waals surface area (Å²) in [5.41, 5.74) is 1.07. The molecule has 1 aromatic rings. The molecule has 1 aliphatic heterocycles. The first-order valence-corrected chi connectivity index (χ1v) is 5.16. The van der Waals surface area contributed by atoms with Crippen molar-refractivity contribution in [2.45, 2.75) is 0 Å². The molecule has 0 spiro atoms. The number of hydrogen-bond acceptors (Lipinski definition) is 3. The van der Waals surface area contributed by atoms with E-state index in [4.69, 9.17) is 5.26 Å². The molecule has 0 saturated carbocycles. The van der Waals surface area contributed by atoms with Gasteiger partial charge in [-0.1, -0.05) is 6.07 Å². The second kappa shape index (κ2) is 4.26. The zero-order valence-electron chi connectivity index (χ0n) is 9.38. The van der Waals surface area contributed by atoms with Gasteiger partial charge < -0.3 is 9.80 Å². The molecule has 5 heteroatoms. The van der Waals surface area contributed by atoms with Gasteiger partial charge in [-0.15, -0.1) is 0 Å². The van der Waals surface area contributed by atoms with Crippen molar-refractivity contribution in [1.82, 2.24) is 4.90 Å². The van der Waals surface area contributed by atoms with Gasteiger partial charge in [0.25, 0.3) is 0 Å². The molecule has 5 nitrogen and oxygen atoms in total. The Morgan fingerprint density at radius 3 is 2.71 bits per heavy atom. The monoisotopic (exact) mass is 229 g/mol. The van der Waals surface area contributed by atoms with Crippen LogP contribution in [0.3, 0.4) is 0 Å². The van der Waals surface area contributed by atoms with E-state index in [1.165, 1.54) is 9.80 Å². The topological polar surface area (TPSA) is 64.4 Å². The summed E-state index contributed by atoms with van der Waals surface area (Å²) in [5, 5.41) is 8.79. The molecule has 0 radical (unpaired) electrons. The predicted molar refractivity (Wildman–Crippen MR) is 61.1 cm³/mol. The van der Waals surface area contributed by atoms with E-state index in [0.29, 0.717) is 11.3 Å². The van der Waals surface area contributed by atoms with E-state index in [0.717, 1.165) is 0 Å². The minimum Gasteiger partial charge on any atom is -0.335 e. The Bertz CT molecular complexity index is 519. The average molecular weight is 229 g/mol. The molecule has 0 unspecified atom stereocenters. The fourth-order valence-corrected chi connectivity index (χ4v) is 1.70.